The molecule has 4 nitrogen and oxygen atoms in total. The van der Waals surface area contributed by atoms with Crippen LogP contribution in [0.3, 0.4) is 0 Å². The Labute approximate surface area is 135 Å². The van der Waals surface area contributed by atoms with Gasteiger partial charge in [-0.3, -0.25) is 4.79 Å². The lowest BCUT2D eigenvalue weighted by molar-refractivity contribution is -0.114. The first-order chi connectivity index (χ1) is 10.6. The third kappa shape index (κ3) is 4.40. The molecule has 0 saturated carbocycles. The standard InChI is InChI=1S/C17H19ClN2O2/c1-3-22-16-7-5-4-6-14(16)20-17(21)11-19-15-10-13(18)9-8-12(15)2/h4-10,19H,3,11H2,1-2H3,(H,20,21). The number of hydrogen-bond donors (Lipinski definition) is 2. The molecule has 22 heavy (non-hydrogen) atoms. The van der Waals surface area contributed by atoms with Gasteiger partial charge in [-0.1, -0.05) is 29.8 Å². The van der Waals surface area contributed by atoms with Gasteiger partial charge in [-0.2, -0.15) is 0 Å². The van der Waals surface area contributed by atoms with Crippen molar-refractivity contribution in [1.29, 1.82) is 0 Å². The van der Waals surface area contributed by atoms with Crippen LogP contribution in [0, 0.1) is 6.92 Å². The van der Waals surface area contributed by atoms with Gasteiger partial charge >= 0.3 is 0 Å². The van der Waals surface area contributed by atoms with Gasteiger partial charge in [0.05, 0.1) is 18.8 Å². The summed E-state index contributed by atoms with van der Waals surface area (Å²) in [6.07, 6.45) is 0. The molecule has 0 heterocycles. The third-order valence-electron chi connectivity index (χ3n) is 3.10. The topological polar surface area (TPSA) is 50.4 Å². The molecular weight excluding hydrogens is 300 g/mol. The van der Waals surface area contributed by atoms with Crippen LogP contribution in [0.4, 0.5) is 11.4 Å². The van der Waals surface area contributed by atoms with E-state index in [1.165, 1.54) is 0 Å². The van der Waals surface area contributed by atoms with E-state index in [4.69, 9.17) is 16.3 Å². The summed E-state index contributed by atoms with van der Waals surface area (Å²) in [7, 11) is 0. The van der Waals surface area contributed by atoms with Gasteiger partial charge in [-0.15, -0.1) is 0 Å². The number of nitrogens with one attached hydrogen (secondary N) is 2. The molecule has 5 heteroatoms. The molecule has 2 aromatic carbocycles. The number of benzene rings is 2. The van der Waals surface area contributed by atoms with E-state index in [9.17, 15) is 4.79 Å². The molecule has 0 fully saturated rings. The molecule has 0 radical (unpaired) electrons. The minimum Gasteiger partial charge on any atom is -0.492 e. The fourth-order valence-corrected chi connectivity index (χ4v) is 2.18. The fraction of sp³-hybridized carbons (Fsp3) is 0.235. The van der Waals surface area contributed by atoms with Crippen molar-refractivity contribution in [3.63, 3.8) is 0 Å². The third-order valence-corrected chi connectivity index (χ3v) is 3.34. The molecule has 0 bridgehead atoms. The highest BCUT2D eigenvalue weighted by Crippen LogP contribution is 2.24. The molecule has 0 spiro atoms. The molecule has 0 atom stereocenters. The first kappa shape index (κ1) is 16.2. The van der Waals surface area contributed by atoms with Gasteiger partial charge in [0.2, 0.25) is 5.91 Å². The maximum atomic E-state index is 12.1. The molecule has 0 aliphatic rings. The largest absolute Gasteiger partial charge is 0.492 e. The van der Waals surface area contributed by atoms with E-state index >= 15 is 0 Å². The average molecular weight is 319 g/mol. The maximum Gasteiger partial charge on any atom is 0.243 e. The van der Waals surface area contributed by atoms with Crippen molar-refractivity contribution in [3.8, 4) is 5.75 Å². The number of ether oxygens (including phenoxy) is 1. The predicted molar refractivity (Wildman–Crippen MR) is 90.9 cm³/mol. The monoisotopic (exact) mass is 318 g/mol. The van der Waals surface area contributed by atoms with Gasteiger partial charge in [-0.25, -0.2) is 0 Å². The van der Waals surface area contributed by atoms with E-state index in [1.54, 1.807) is 6.07 Å². The second kappa shape index (κ2) is 7.71. The lowest BCUT2D eigenvalue weighted by Gasteiger charge is -2.13. The van der Waals surface area contributed by atoms with Gasteiger partial charge in [0.25, 0.3) is 0 Å². The van der Waals surface area contributed by atoms with Crippen LogP contribution in [0.2, 0.25) is 5.02 Å². The van der Waals surface area contributed by atoms with Crippen LogP contribution in [0.1, 0.15) is 12.5 Å². The number of halogens is 1. The Morgan fingerprint density at radius 2 is 1.95 bits per heavy atom. The quantitative estimate of drug-likeness (QED) is 0.843. The van der Waals surface area contributed by atoms with Crippen LogP contribution in [-0.2, 0) is 4.79 Å². The summed E-state index contributed by atoms with van der Waals surface area (Å²) in [5.41, 5.74) is 2.55. The number of carbonyl (C=O) groups excluding carboxylic acids is 1. The van der Waals surface area contributed by atoms with Gasteiger partial charge in [0.1, 0.15) is 5.75 Å². The number of anilines is 2. The van der Waals surface area contributed by atoms with Gasteiger partial charge in [-0.05, 0) is 43.7 Å². The van der Waals surface area contributed by atoms with Gasteiger partial charge < -0.3 is 15.4 Å². The van der Waals surface area contributed by atoms with Crippen molar-refractivity contribution >= 4 is 28.9 Å². The minimum atomic E-state index is -0.147. The Balaban J connectivity index is 1.97. The minimum absolute atomic E-state index is 0.147. The van der Waals surface area contributed by atoms with Crippen LogP contribution in [-0.4, -0.2) is 19.1 Å². The van der Waals surface area contributed by atoms with Crippen molar-refractivity contribution in [2.75, 3.05) is 23.8 Å². The summed E-state index contributed by atoms with van der Waals surface area (Å²) < 4.78 is 5.48. The molecule has 2 N–H and O–H groups in total. The predicted octanol–water partition coefficient (Wildman–Crippen LogP) is 4.10. The second-order valence-corrected chi connectivity index (χ2v) is 5.23. The summed E-state index contributed by atoms with van der Waals surface area (Å²) in [6, 6.07) is 12.9. The molecule has 1 amide bonds. The highest BCUT2D eigenvalue weighted by Gasteiger charge is 2.08. The fourth-order valence-electron chi connectivity index (χ4n) is 2.01. The summed E-state index contributed by atoms with van der Waals surface area (Å²) in [5.74, 6) is 0.517. The summed E-state index contributed by atoms with van der Waals surface area (Å²) in [4.78, 5) is 12.1. The molecule has 2 aromatic rings. The summed E-state index contributed by atoms with van der Waals surface area (Å²) >= 11 is 5.96. The van der Waals surface area contributed by atoms with E-state index in [-0.39, 0.29) is 12.5 Å². The number of amides is 1. The normalized spacial score (nSPS) is 10.1. The van der Waals surface area contributed by atoms with Crippen LogP contribution < -0.4 is 15.4 Å². The Hall–Kier alpha value is -2.20. The smallest absolute Gasteiger partial charge is 0.243 e. The van der Waals surface area contributed by atoms with Crippen molar-refractivity contribution in [2.45, 2.75) is 13.8 Å². The lowest BCUT2D eigenvalue weighted by Crippen LogP contribution is -2.22. The average Bonchev–Trinajstić information content (AvgIpc) is 2.50. The first-order valence-corrected chi connectivity index (χ1v) is 7.49. The molecule has 2 rings (SSSR count). The highest BCUT2D eigenvalue weighted by atomic mass is 35.5. The number of hydrogen-bond acceptors (Lipinski definition) is 3. The molecular formula is C17H19ClN2O2. The van der Waals surface area contributed by atoms with Crippen molar-refractivity contribution in [2.24, 2.45) is 0 Å². The van der Waals surface area contributed by atoms with E-state index in [2.05, 4.69) is 10.6 Å². The Bertz CT molecular complexity index is 659. The zero-order valence-electron chi connectivity index (χ0n) is 12.7. The van der Waals surface area contributed by atoms with Crippen molar-refractivity contribution < 1.29 is 9.53 Å². The van der Waals surface area contributed by atoms with Crippen molar-refractivity contribution in [1.82, 2.24) is 0 Å². The summed E-state index contributed by atoms with van der Waals surface area (Å²) in [6.45, 7) is 4.57. The Morgan fingerprint density at radius 3 is 2.73 bits per heavy atom. The summed E-state index contributed by atoms with van der Waals surface area (Å²) in [5, 5.41) is 6.56. The zero-order chi connectivity index (χ0) is 15.9. The first-order valence-electron chi connectivity index (χ1n) is 7.12. The van der Waals surface area contributed by atoms with Crippen molar-refractivity contribution in [3.05, 3.63) is 53.1 Å². The molecule has 0 aromatic heterocycles. The number of rotatable bonds is 6. The number of carbonyl (C=O) groups is 1. The Kier molecular flexibility index (Phi) is 5.67. The van der Waals surface area contributed by atoms with E-state index < -0.39 is 0 Å². The van der Waals surface area contributed by atoms with E-state index in [1.807, 2.05) is 50.2 Å². The molecule has 0 aliphatic heterocycles. The molecule has 0 unspecified atom stereocenters. The lowest BCUT2D eigenvalue weighted by atomic mass is 10.2. The van der Waals surface area contributed by atoms with Crippen LogP contribution >= 0.6 is 11.6 Å². The van der Waals surface area contributed by atoms with E-state index in [0.29, 0.717) is 23.1 Å². The number of aryl methyl sites for hydroxylation is 1. The van der Waals surface area contributed by atoms with Crippen LogP contribution in [0.25, 0.3) is 0 Å². The second-order valence-electron chi connectivity index (χ2n) is 4.79. The SMILES string of the molecule is CCOc1ccccc1NC(=O)CNc1cc(Cl)ccc1C. The Morgan fingerprint density at radius 1 is 1.18 bits per heavy atom. The van der Waals surface area contributed by atoms with Gasteiger partial charge in [0.15, 0.2) is 0 Å². The van der Waals surface area contributed by atoms with Gasteiger partial charge in [0, 0.05) is 10.7 Å². The molecule has 0 saturated heterocycles. The van der Waals surface area contributed by atoms with Crippen LogP contribution in [0.5, 0.6) is 5.75 Å². The zero-order valence-corrected chi connectivity index (χ0v) is 13.4. The molecule has 116 valence electrons. The van der Waals surface area contributed by atoms with E-state index in [0.717, 1.165) is 11.3 Å². The highest BCUT2D eigenvalue weighted by molar-refractivity contribution is 6.30. The number of para-hydroxylation sites is 2. The maximum absolute atomic E-state index is 12.1. The van der Waals surface area contributed by atoms with Crippen LogP contribution in [0.15, 0.2) is 42.5 Å². The molecule has 0 aliphatic carbocycles.